The van der Waals surface area contributed by atoms with E-state index in [0.717, 1.165) is 19.0 Å². The van der Waals surface area contributed by atoms with Crippen molar-refractivity contribution in [2.24, 2.45) is 0 Å². The van der Waals surface area contributed by atoms with Crippen LogP contribution in [0.5, 0.6) is 0 Å². The van der Waals surface area contributed by atoms with Crippen LogP contribution >= 0.6 is 12.4 Å². The highest BCUT2D eigenvalue weighted by atomic mass is 35.5. The van der Waals surface area contributed by atoms with Crippen LogP contribution in [0.1, 0.15) is 23.5 Å². The first kappa shape index (κ1) is 13.3. The predicted molar refractivity (Wildman–Crippen MR) is 58.9 cm³/mol. The van der Waals surface area contributed by atoms with Gasteiger partial charge in [0.25, 0.3) is 0 Å². The van der Waals surface area contributed by atoms with Crippen molar-refractivity contribution < 1.29 is 13.2 Å². The van der Waals surface area contributed by atoms with Gasteiger partial charge in [0.1, 0.15) is 0 Å². The van der Waals surface area contributed by atoms with Crippen LogP contribution in [0.15, 0.2) is 24.3 Å². The number of hydrogen-bond donors (Lipinski definition) is 1. The van der Waals surface area contributed by atoms with Gasteiger partial charge in [0.05, 0.1) is 5.56 Å². The summed E-state index contributed by atoms with van der Waals surface area (Å²) in [4.78, 5) is 0. The molecular weight excluding hydrogens is 239 g/mol. The van der Waals surface area contributed by atoms with Gasteiger partial charge in [-0.2, -0.15) is 13.2 Å². The zero-order valence-electron chi connectivity index (χ0n) is 8.55. The molecule has 1 heterocycles. The van der Waals surface area contributed by atoms with Crippen LogP contribution in [0.2, 0.25) is 0 Å². The Labute approximate surface area is 98.4 Å². The second-order valence-electron chi connectivity index (χ2n) is 3.77. The molecule has 1 aromatic rings. The van der Waals surface area contributed by atoms with Crippen molar-refractivity contribution in [3.8, 4) is 0 Å². The molecule has 0 bridgehead atoms. The molecule has 1 atom stereocenters. The van der Waals surface area contributed by atoms with Gasteiger partial charge in [-0.25, -0.2) is 0 Å². The van der Waals surface area contributed by atoms with Crippen LogP contribution in [0.25, 0.3) is 0 Å². The summed E-state index contributed by atoms with van der Waals surface area (Å²) in [5, 5.41) is 3.08. The highest BCUT2D eigenvalue weighted by Gasteiger charge is 2.35. The van der Waals surface area contributed by atoms with Gasteiger partial charge in [-0.15, -0.1) is 12.4 Å². The molecular formula is C11H13ClF3N. The fourth-order valence-corrected chi connectivity index (χ4v) is 2.03. The molecule has 1 aromatic carbocycles. The molecule has 2 rings (SSSR count). The Kier molecular flexibility index (Phi) is 4.21. The minimum atomic E-state index is -4.24. The molecule has 0 aliphatic carbocycles. The average molecular weight is 252 g/mol. The molecule has 1 aliphatic heterocycles. The van der Waals surface area contributed by atoms with Crippen LogP contribution in [-0.2, 0) is 6.18 Å². The van der Waals surface area contributed by atoms with Crippen molar-refractivity contribution >= 4 is 12.4 Å². The van der Waals surface area contributed by atoms with Gasteiger partial charge in [0.2, 0.25) is 0 Å². The van der Waals surface area contributed by atoms with Crippen molar-refractivity contribution in [1.82, 2.24) is 5.32 Å². The van der Waals surface area contributed by atoms with Crippen molar-refractivity contribution in [3.63, 3.8) is 0 Å². The molecule has 0 saturated carbocycles. The molecule has 0 aromatic heterocycles. The Morgan fingerprint density at radius 2 is 1.88 bits per heavy atom. The molecule has 1 fully saturated rings. The Bertz CT molecular complexity index is 345. The number of halogens is 4. The van der Waals surface area contributed by atoms with E-state index in [4.69, 9.17) is 0 Å². The first-order valence-electron chi connectivity index (χ1n) is 4.96. The fraction of sp³-hybridized carbons (Fsp3) is 0.455. The molecule has 0 amide bonds. The first-order chi connectivity index (χ1) is 7.09. The number of nitrogens with one attached hydrogen (secondary N) is 1. The third-order valence-corrected chi connectivity index (χ3v) is 2.77. The van der Waals surface area contributed by atoms with Crippen molar-refractivity contribution in [3.05, 3.63) is 35.4 Å². The lowest BCUT2D eigenvalue weighted by Gasteiger charge is -2.16. The average Bonchev–Trinajstić information content (AvgIpc) is 2.69. The number of alkyl halides is 3. The number of rotatable bonds is 1. The third-order valence-electron chi connectivity index (χ3n) is 2.77. The summed E-state index contributed by atoms with van der Waals surface area (Å²) in [6.45, 7) is 1.45. The molecule has 1 nitrogen and oxygen atoms in total. The predicted octanol–water partition coefficient (Wildman–Crippen LogP) is 3.20. The van der Waals surface area contributed by atoms with Gasteiger partial charge in [0.15, 0.2) is 0 Å². The Morgan fingerprint density at radius 3 is 2.44 bits per heavy atom. The molecule has 16 heavy (non-hydrogen) atoms. The summed E-state index contributed by atoms with van der Waals surface area (Å²) in [6, 6.07) is 5.85. The highest BCUT2D eigenvalue weighted by molar-refractivity contribution is 5.85. The van der Waals surface area contributed by atoms with E-state index in [1.807, 2.05) is 0 Å². The standard InChI is InChI=1S/C11H12F3N.ClH/c12-11(13,14)10-4-2-1-3-9(10)8-5-6-15-7-8;/h1-4,8,15H,5-7H2;1H/t8-;/m0./s1. The van der Waals surface area contributed by atoms with Crippen molar-refractivity contribution in [2.75, 3.05) is 13.1 Å². The van der Waals surface area contributed by atoms with Gasteiger partial charge < -0.3 is 5.32 Å². The van der Waals surface area contributed by atoms with Gasteiger partial charge in [0, 0.05) is 6.54 Å². The Hall–Kier alpha value is -0.740. The van der Waals surface area contributed by atoms with E-state index in [1.165, 1.54) is 6.07 Å². The maximum absolute atomic E-state index is 12.7. The normalized spacial score (nSPS) is 20.6. The lowest BCUT2D eigenvalue weighted by atomic mass is 9.93. The molecule has 5 heteroatoms. The molecule has 0 spiro atoms. The molecule has 1 aliphatic rings. The van der Waals surface area contributed by atoms with Crippen LogP contribution in [0, 0.1) is 0 Å². The third kappa shape index (κ3) is 2.68. The quantitative estimate of drug-likeness (QED) is 0.808. The van der Waals surface area contributed by atoms with Gasteiger partial charge in [-0.3, -0.25) is 0 Å². The van der Waals surface area contributed by atoms with E-state index in [-0.39, 0.29) is 18.3 Å². The lowest BCUT2D eigenvalue weighted by molar-refractivity contribution is -0.138. The second kappa shape index (κ2) is 5.06. The number of hydrogen-bond acceptors (Lipinski definition) is 1. The summed E-state index contributed by atoms with van der Waals surface area (Å²) in [5.74, 6) is 0.00262. The van der Waals surface area contributed by atoms with E-state index in [2.05, 4.69) is 5.32 Å². The van der Waals surface area contributed by atoms with E-state index < -0.39 is 11.7 Å². The minimum Gasteiger partial charge on any atom is -0.316 e. The van der Waals surface area contributed by atoms with E-state index in [9.17, 15) is 13.2 Å². The van der Waals surface area contributed by atoms with Crippen LogP contribution in [-0.4, -0.2) is 13.1 Å². The lowest BCUT2D eigenvalue weighted by Crippen LogP contribution is -2.14. The molecule has 0 unspecified atom stereocenters. The van der Waals surface area contributed by atoms with Gasteiger partial charge in [-0.05, 0) is 30.5 Å². The summed E-state index contributed by atoms with van der Waals surface area (Å²) in [5.41, 5.74) is -0.0614. The van der Waals surface area contributed by atoms with Crippen molar-refractivity contribution in [2.45, 2.75) is 18.5 Å². The summed E-state index contributed by atoms with van der Waals surface area (Å²) >= 11 is 0. The largest absolute Gasteiger partial charge is 0.416 e. The topological polar surface area (TPSA) is 12.0 Å². The summed E-state index contributed by atoms with van der Waals surface area (Å²) < 4.78 is 38.0. The fourth-order valence-electron chi connectivity index (χ4n) is 2.03. The maximum atomic E-state index is 12.7. The molecule has 1 saturated heterocycles. The minimum absolute atomic E-state index is 0. The monoisotopic (exact) mass is 251 g/mol. The maximum Gasteiger partial charge on any atom is 0.416 e. The molecule has 0 radical (unpaired) electrons. The van der Waals surface area contributed by atoms with Crippen LogP contribution in [0.4, 0.5) is 13.2 Å². The Balaban J connectivity index is 0.00000128. The molecule has 1 N–H and O–H groups in total. The smallest absolute Gasteiger partial charge is 0.316 e. The van der Waals surface area contributed by atoms with Gasteiger partial charge in [-0.1, -0.05) is 18.2 Å². The highest BCUT2D eigenvalue weighted by Crippen LogP contribution is 2.36. The van der Waals surface area contributed by atoms with Gasteiger partial charge >= 0.3 is 6.18 Å². The first-order valence-corrected chi connectivity index (χ1v) is 4.96. The van der Waals surface area contributed by atoms with E-state index in [0.29, 0.717) is 12.1 Å². The van der Waals surface area contributed by atoms with Crippen molar-refractivity contribution in [1.29, 1.82) is 0 Å². The summed E-state index contributed by atoms with van der Waals surface area (Å²) in [6.07, 6.45) is -3.45. The Morgan fingerprint density at radius 1 is 1.19 bits per heavy atom. The summed E-state index contributed by atoms with van der Waals surface area (Å²) in [7, 11) is 0. The zero-order chi connectivity index (χ0) is 10.9. The molecule has 90 valence electrons. The number of benzene rings is 1. The van der Waals surface area contributed by atoms with E-state index in [1.54, 1.807) is 12.1 Å². The van der Waals surface area contributed by atoms with E-state index >= 15 is 0 Å². The van der Waals surface area contributed by atoms with Crippen LogP contribution < -0.4 is 5.32 Å². The van der Waals surface area contributed by atoms with Crippen LogP contribution in [0.3, 0.4) is 0 Å². The second-order valence-corrected chi connectivity index (χ2v) is 3.77. The zero-order valence-corrected chi connectivity index (χ0v) is 9.37. The SMILES string of the molecule is Cl.FC(F)(F)c1ccccc1[C@H]1CCNC1.